The van der Waals surface area contributed by atoms with Gasteiger partial charge in [-0.05, 0) is 49.4 Å². The van der Waals surface area contributed by atoms with Crippen molar-refractivity contribution in [3.63, 3.8) is 0 Å². The number of fused-ring (bicyclic) bond motifs is 5. The van der Waals surface area contributed by atoms with Crippen LogP contribution in [0.2, 0.25) is 0 Å². The summed E-state index contributed by atoms with van der Waals surface area (Å²) in [6.07, 6.45) is 2.31. The van der Waals surface area contributed by atoms with Gasteiger partial charge in [0, 0.05) is 16.9 Å². The van der Waals surface area contributed by atoms with Crippen molar-refractivity contribution in [1.82, 2.24) is 15.2 Å². The van der Waals surface area contributed by atoms with E-state index >= 15 is 0 Å². The fourth-order valence-corrected chi connectivity index (χ4v) is 5.22. The lowest BCUT2D eigenvalue weighted by atomic mass is 9.70. The van der Waals surface area contributed by atoms with E-state index in [2.05, 4.69) is 31.0 Å². The number of nitrogens with zero attached hydrogens (tertiary/aromatic N) is 3. The zero-order valence-corrected chi connectivity index (χ0v) is 17.1. The second-order valence-electron chi connectivity index (χ2n) is 8.14. The average molecular weight is 384 g/mol. The third-order valence-corrected chi connectivity index (χ3v) is 7.43. The second kappa shape index (κ2) is 6.59. The molecule has 1 fully saturated rings. The molecule has 1 saturated carbocycles. The molecule has 1 heterocycles. The highest BCUT2D eigenvalue weighted by molar-refractivity contribution is 7.99. The number of carbonyl (C=O) groups is 1. The van der Waals surface area contributed by atoms with Gasteiger partial charge in [-0.2, -0.15) is 5.10 Å². The van der Waals surface area contributed by atoms with Crippen molar-refractivity contribution < 1.29 is 9.53 Å². The molecule has 2 aliphatic carbocycles. The van der Waals surface area contributed by atoms with Crippen LogP contribution in [0.25, 0.3) is 0 Å². The SMILES string of the molecule is CCOc1ccc(C(=O)CSc2nnc3c(n2)[C@]2(C)CC[C@H]3C2(C)C)cc1. The molecule has 0 N–H and O–H groups in total. The van der Waals surface area contributed by atoms with Gasteiger partial charge in [-0.1, -0.05) is 32.5 Å². The van der Waals surface area contributed by atoms with Crippen LogP contribution < -0.4 is 4.74 Å². The summed E-state index contributed by atoms with van der Waals surface area (Å²) in [5, 5.41) is 9.40. The molecular weight excluding hydrogens is 358 g/mol. The molecule has 4 rings (SSSR count). The Hall–Kier alpha value is -1.95. The number of aromatic nitrogens is 3. The normalized spacial score (nSPS) is 24.7. The minimum absolute atomic E-state index is 0.0529. The Morgan fingerprint density at radius 1 is 1.22 bits per heavy atom. The minimum atomic E-state index is 0.0529. The summed E-state index contributed by atoms with van der Waals surface area (Å²) >= 11 is 1.36. The lowest BCUT2D eigenvalue weighted by molar-refractivity contribution is 0.102. The summed E-state index contributed by atoms with van der Waals surface area (Å²) in [5.74, 6) is 1.58. The molecule has 0 amide bonds. The molecule has 2 atom stereocenters. The van der Waals surface area contributed by atoms with Crippen molar-refractivity contribution in [1.29, 1.82) is 0 Å². The Bertz CT molecular complexity index is 881. The molecule has 27 heavy (non-hydrogen) atoms. The molecule has 5 nitrogen and oxygen atoms in total. The molecular formula is C21H25N3O2S. The number of thioether (sulfide) groups is 1. The third kappa shape index (κ3) is 2.85. The summed E-state index contributed by atoms with van der Waals surface area (Å²) < 4.78 is 5.42. The molecule has 0 spiro atoms. The lowest BCUT2D eigenvalue weighted by Gasteiger charge is -2.33. The Labute approximate surface area is 164 Å². The molecule has 0 saturated heterocycles. The van der Waals surface area contributed by atoms with Crippen molar-refractivity contribution in [2.45, 2.75) is 57.0 Å². The molecule has 2 aliphatic rings. The number of benzene rings is 1. The van der Waals surface area contributed by atoms with Crippen molar-refractivity contribution in [3.05, 3.63) is 41.2 Å². The molecule has 2 aromatic rings. The predicted molar refractivity (Wildman–Crippen MR) is 106 cm³/mol. The van der Waals surface area contributed by atoms with Crippen molar-refractivity contribution in [2.75, 3.05) is 12.4 Å². The van der Waals surface area contributed by atoms with E-state index in [-0.39, 0.29) is 16.6 Å². The Kier molecular flexibility index (Phi) is 4.49. The number of carbonyl (C=O) groups excluding carboxylic acids is 1. The maximum atomic E-state index is 12.5. The molecule has 6 heteroatoms. The zero-order valence-electron chi connectivity index (χ0n) is 16.3. The molecule has 142 valence electrons. The van der Waals surface area contributed by atoms with E-state index in [4.69, 9.17) is 9.72 Å². The molecule has 0 radical (unpaired) electrons. The van der Waals surface area contributed by atoms with Gasteiger partial charge in [-0.15, -0.1) is 5.10 Å². The zero-order chi connectivity index (χ0) is 19.2. The maximum absolute atomic E-state index is 12.5. The van der Waals surface area contributed by atoms with Gasteiger partial charge in [-0.3, -0.25) is 4.79 Å². The quantitative estimate of drug-likeness (QED) is 0.543. The Balaban J connectivity index is 1.47. The largest absolute Gasteiger partial charge is 0.494 e. The van der Waals surface area contributed by atoms with Gasteiger partial charge < -0.3 is 4.74 Å². The molecule has 1 aromatic carbocycles. The van der Waals surface area contributed by atoms with Gasteiger partial charge in [0.25, 0.3) is 0 Å². The first-order chi connectivity index (χ1) is 12.9. The average Bonchev–Trinajstić information content (AvgIpc) is 2.99. The number of hydrogen-bond donors (Lipinski definition) is 0. The van der Waals surface area contributed by atoms with Crippen LogP contribution >= 0.6 is 11.8 Å². The third-order valence-electron chi connectivity index (χ3n) is 6.59. The first-order valence-corrected chi connectivity index (χ1v) is 10.5. The number of hydrogen-bond acceptors (Lipinski definition) is 6. The highest BCUT2D eigenvalue weighted by Gasteiger charge is 2.61. The molecule has 1 aromatic heterocycles. The van der Waals surface area contributed by atoms with Crippen LogP contribution in [-0.2, 0) is 5.41 Å². The smallest absolute Gasteiger partial charge is 0.209 e. The van der Waals surface area contributed by atoms with E-state index < -0.39 is 0 Å². The van der Waals surface area contributed by atoms with Gasteiger partial charge in [0.2, 0.25) is 5.16 Å². The van der Waals surface area contributed by atoms with Crippen LogP contribution in [0, 0.1) is 5.41 Å². The lowest BCUT2D eigenvalue weighted by Crippen LogP contribution is -2.32. The predicted octanol–water partition coefficient (Wildman–Crippen LogP) is 4.42. The first-order valence-electron chi connectivity index (χ1n) is 9.51. The van der Waals surface area contributed by atoms with Crippen LogP contribution in [0.15, 0.2) is 29.4 Å². The summed E-state index contributed by atoms with van der Waals surface area (Å²) in [6.45, 7) is 9.48. The van der Waals surface area contributed by atoms with Crippen LogP contribution in [0.3, 0.4) is 0 Å². The van der Waals surface area contributed by atoms with Crippen molar-refractivity contribution in [2.24, 2.45) is 5.41 Å². The Morgan fingerprint density at radius 2 is 1.96 bits per heavy atom. The highest BCUT2D eigenvalue weighted by Crippen LogP contribution is 2.66. The molecule has 0 unspecified atom stereocenters. The van der Waals surface area contributed by atoms with E-state index in [9.17, 15) is 4.79 Å². The van der Waals surface area contributed by atoms with Crippen molar-refractivity contribution in [3.8, 4) is 5.75 Å². The summed E-state index contributed by atoms with van der Waals surface area (Å²) in [6, 6.07) is 7.26. The fourth-order valence-electron chi connectivity index (χ4n) is 4.54. The van der Waals surface area contributed by atoms with E-state index in [1.807, 2.05) is 19.1 Å². The fraction of sp³-hybridized carbons (Fsp3) is 0.524. The topological polar surface area (TPSA) is 65.0 Å². The summed E-state index contributed by atoms with van der Waals surface area (Å²) in [7, 11) is 0. The van der Waals surface area contributed by atoms with E-state index in [1.165, 1.54) is 11.8 Å². The van der Waals surface area contributed by atoms with Gasteiger partial charge in [0.1, 0.15) is 5.75 Å². The van der Waals surface area contributed by atoms with Crippen molar-refractivity contribution >= 4 is 17.5 Å². The highest BCUT2D eigenvalue weighted by atomic mass is 32.2. The van der Waals surface area contributed by atoms with Crippen LogP contribution in [0.4, 0.5) is 0 Å². The summed E-state index contributed by atoms with van der Waals surface area (Å²) in [5.41, 5.74) is 3.05. The van der Waals surface area contributed by atoms with Gasteiger partial charge >= 0.3 is 0 Å². The monoisotopic (exact) mass is 383 g/mol. The number of ether oxygens (including phenoxy) is 1. The number of rotatable bonds is 6. The van der Waals surface area contributed by atoms with E-state index in [0.717, 1.165) is 30.0 Å². The van der Waals surface area contributed by atoms with Gasteiger partial charge in [-0.25, -0.2) is 4.98 Å². The second-order valence-corrected chi connectivity index (χ2v) is 9.09. The van der Waals surface area contributed by atoms with Gasteiger partial charge in [0.05, 0.1) is 23.7 Å². The van der Waals surface area contributed by atoms with Crippen LogP contribution in [0.5, 0.6) is 5.75 Å². The minimum Gasteiger partial charge on any atom is -0.494 e. The molecule has 2 bridgehead atoms. The number of Topliss-reactive ketones (excluding diaryl/α,β-unsaturated/α-hetero) is 1. The van der Waals surface area contributed by atoms with E-state index in [1.54, 1.807) is 12.1 Å². The molecule has 0 aliphatic heterocycles. The maximum Gasteiger partial charge on any atom is 0.209 e. The first kappa shape index (κ1) is 18.4. The number of ketones is 1. The summed E-state index contributed by atoms with van der Waals surface area (Å²) in [4.78, 5) is 17.3. The Morgan fingerprint density at radius 3 is 2.67 bits per heavy atom. The van der Waals surface area contributed by atoms with E-state index in [0.29, 0.717) is 29.0 Å². The van der Waals surface area contributed by atoms with Crippen LogP contribution in [-0.4, -0.2) is 33.3 Å². The van der Waals surface area contributed by atoms with Gasteiger partial charge in [0.15, 0.2) is 5.78 Å². The van der Waals surface area contributed by atoms with Crippen LogP contribution in [0.1, 0.15) is 68.2 Å². The standard InChI is InChI=1S/C21H25N3O2S/c1-5-26-14-8-6-13(7-9-14)16(25)12-27-19-22-18-17(23-24-19)15-10-11-21(18,4)20(15,2)3/h6-9,15H,5,10-12H2,1-4H3/t15-,21+/m1/s1.